The summed E-state index contributed by atoms with van der Waals surface area (Å²) in [5, 5.41) is 8.90. The maximum absolute atomic E-state index is 12.8. The Morgan fingerprint density at radius 2 is 1.71 bits per heavy atom. The first kappa shape index (κ1) is 28.2. The van der Waals surface area contributed by atoms with E-state index in [0.29, 0.717) is 0 Å². The molecule has 1 heterocycles. The molecular formula is C25H35NO6S2. The quantitative estimate of drug-likeness (QED) is 0.217. The fraction of sp³-hybridized carbons (Fsp3) is 0.480. The van der Waals surface area contributed by atoms with Crippen molar-refractivity contribution in [3.05, 3.63) is 54.1 Å². The molecule has 0 unspecified atom stereocenters. The van der Waals surface area contributed by atoms with Crippen LogP contribution < -0.4 is 10.2 Å². The largest absolute Gasteiger partial charge is 0.497 e. The molecule has 34 heavy (non-hydrogen) atoms. The maximum Gasteiger partial charge on any atom is 0.265 e. The van der Waals surface area contributed by atoms with E-state index in [0.717, 1.165) is 11.3 Å². The van der Waals surface area contributed by atoms with Crippen molar-refractivity contribution in [2.75, 3.05) is 26.1 Å². The Morgan fingerprint density at radius 1 is 1.09 bits per heavy atom. The summed E-state index contributed by atoms with van der Waals surface area (Å²) in [6.45, 7) is 4.41. The fourth-order valence-corrected chi connectivity index (χ4v) is 6.43. The fourth-order valence-electron chi connectivity index (χ4n) is 3.58. The Kier molecular flexibility index (Phi) is 11.4. The van der Waals surface area contributed by atoms with E-state index < -0.39 is 20.5 Å². The Hall–Kier alpha value is -2.07. The lowest BCUT2D eigenvalue weighted by atomic mass is 9.98. The van der Waals surface area contributed by atoms with Gasteiger partial charge in [-0.2, -0.15) is 0 Å². The SMILES string of the molecule is CCCCCSc1ccc(OC)cc1.Cc1ccc(S(=O)(=O)C2(C(=O)NO)CCOCC2)cc1. The molecule has 0 bridgehead atoms. The Balaban J connectivity index is 0.000000257. The number of amides is 1. The number of sulfone groups is 1. The summed E-state index contributed by atoms with van der Waals surface area (Å²) in [6.07, 6.45) is 3.99. The number of carbonyl (C=O) groups is 1. The molecule has 0 spiro atoms. The molecule has 0 aromatic heterocycles. The molecule has 0 radical (unpaired) electrons. The van der Waals surface area contributed by atoms with Crippen molar-refractivity contribution in [2.45, 2.75) is 60.5 Å². The summed E-state index contributed by atoms with van der Waals surface area (Å²) >= 11 is 1.92. The third kappa shape index (κ3) is 7.21. The molecule has 0 atom stereocenters. The Labute approximate surface area is 207 Å². The van der Waals surface area contributed by atoms with Gasteiger partial charge in [0, 0.05) is 18.1 Å². The molecule has 0 aliphatic carbocycles. The van der Waals surface area contributed by atoms with E-state index in [4.69, 9.17) is 14.7 Å². The zero-order chi connectivity index (χ0) is 25.0. The van der Waals surface area contributed by atoms with E-state index in [2.05, 4.69) is 19.1 Å². The van der Waals surface area contributed by atoms with Crippen LogP contribution in [0.15, 0.2) is 58.3 Å². The van der Waals surface area contributed by atoms with Gasteiger partial charge in [0.05, 0.1) is 12.0 Å². The molecule has 1 aliphatic rings. The van der Waals surface area contributed by atoms with Gasteiger partial charge < -0.3 is 9.47 Å². The number of hydroxylamine groups is 1. The predicted molar refractivity (Wildman–Crippen MR) is 134 cm³/mol. The second-order valence-electron chi connectivity index (χ2n) is 8.10. The topological polar surface area (TPSA) is 102 Å². The predicted octanol–water partition coefficient (Wildman–Crippen LogP) is 4.80. The number of thioether (sulfide) groups is 1. The number of ether oxygens (including phenoxy) is 2. The minimum absolute atomic E-state index is 0.0234. The maximum atomic E-state index is 12.8. The molecule has 2 aromatic rings. The van der Waals surface area contributed by atoms with Crippen molar-refractivity contribution in [1.82, 2.24) is 5.48 Å². The van der Waals surface area contributed by atoms with Gasteiger partial charge >= 0.3 is 0 Å². The number of hydrogen-bond donors (Lipinski definition) is 2. The lowest BCUT2D eigenvalue weighted by Gasteiger charge is -2.34. The van der Waals surface area contributed by atoms with E-state index in [1.165, 1.54) is 47.5 Å². The number of benzene rings is 2. The zero-order valence-electron chi connectivity index (χ0n) is 20.1. The number of carbonyl (C=O) groups excluding carboxylic acids is 1. The molecule has 2 N–H and O–H groups in total. The van der Waals surface area contributed by atoms with Gasteiger partial charge in [0.1, 0.15) is 5.75 Å². The van der Waals surface area contributed by atoms with Gasteiger partial charge in [0.2, 0.25) is 0 Å². The third-order valence-corrected chi connectivity index (χ3v) is 9.35. The van der Waals surface area contributed by atoms with Gasteiger partial charge in [-0.15, -0.1) is 11.8 Å². The van der Waals surface area contributed by atoms with Crippen molar-refractivity contribution >= 4 is 27.5 Å². The summed E-state index contributed by atoms with van der Waals surface area (Å²) in [6, 6.07) is 14.6. The van der Waals surface area contributed by atoms with Crippen LogP contribution in [0.2, 0.25) is 0 Å². The standard InChI is InChI=1S/C13H17NO5S.C12H18OS/c1-10-2-4-11(5-3-10)20(17,18)13(12(15)14-16)6-8-19-9-7-13;1-3-4-5-10-14-12-8-6-11(13-2)7-9-12/h2-5,16H,6-9H2,1H3,(H,14,15);6-9H,3-5,10H2,1-2H3. The summed E-state index contributed by atoms with van der Waals surface area (Å²) in [4.78, 5) is 13.4. The Bertz CT molecular complexity index is 985. The molecule has 0 saturated carbocycles. The number of nitrogens with one attached hydrogen (secondary N) is 1. The summed E-state index contributed by atoms with van der Waals surface area (Å²) in [5.74, 6) is 1.25. The minimum Gasteiger partial charge on any atom is -0.497 e. The number of methoxy groups -OCH3 is 1. The second-order valence-corrected chi connectivity index (χ2v) is 11.5. The summed E-state index contributed by atoms with van der Waals surface area (Å²) < 4.78 is 34.2. The number of rotatable bonds is 9. The lowest BCUT2D eigenvalue weighted by molar-refractivity contribution is -0.134. The highest BCUT2D eigenvalue weighted by atomic mass is 32.2. The molecule has 9 heteroatoms. The number of unbranched alkanes of at least 4 members (excludes halogenated alkanes) is 2. The van der Waals surface area contributed by atoms with Crippen LogP contribution >= 0.6 is 11.8 Å². The van der Waals surface area contributed by atoms with E-state index in [1.54, 1.807) is 19.2 Å². The van der Waals surface area contributed by atoms with Crippen molar-refractivity contribution in [2.24, 2.45) is 0 Å². The van der Waals surface area contributed by atoms with Gasteiger partial charge in [-0.1, -0.05) is 37.5 Å². The van der Waals surface area contributed by atoms with Crippen molar-refractivity contribution in [3.8, 4) is 5.75 Å². The zero-order valence-corrected chi connectivity index (χ0v) is 21.7. The highest BCUT2D eigenvalue weighted by Gasteiger charge is 2.52. The van der Waals surface area contributed by atoms with E-state index in [1.807, 2.05) is 30.8 Å². The molecular weight excluding hydrogens is 474 g/mol. The first-order valence-corrected chi connectivity index (χ1v) is 13.9. The molecule has 1 fully saturated rings. The smallest absolute Gasteiger partial charge is 0.265 e. The van der Waals surface area contributed by atoms with Crippen LogP contribution in [0.4, 0.5) is 0 Å². The lowest BCUT2D eigenvalue weighted by Crippen LogP contribution is -2.54. The van der Waals surface area contributed by atoms with E-state index >= 15 is 0 Å². The molecule has 1 saturated heterocycles. The highest BCUT2D eigenvalue weighted by Crippen LogP contribution is 2.35. The third-order valence-electron chi connectivity index (χ3n) is 5.74. The van der Waals surface area contributed by atoms with Crippen LogP contribution in [0, 0.1) is 6.92 Å². The van der Waals surface area contributed by atoms with Crippen LogP contribution in [-0.2, 0) is 19.4 Å². The van der Waals surface area contributed by atoms with Gasteiger partial charge in [-0.25, -0.2) is 13.9 Å². The number of aryl methyl sites for hydroxylation is 1. The van der Waals surface area contributed by atoms with Crippen LogP contribution in [0.25, 0.3) is 0 Å². The van der Waals surface area contributed by atoms with Crippen LogP contribution in [-0.4, -0.2) is 50.4 Å². The second kappa shape index (κ2) is 13.7. The van der Waals surface area contributed by atoms with E-state index in [-0.39, 0.29) is 31.0 Å². The average Bonchev–Trinajstić information content (AvgIpc) is 2.87. The van der Waals surface area contributed by atoms with Crippen molar-refractivity contribution < 1.29 is 27.9 Å². The van der Waals surface area contributed by atoms with Gasteiger partial charge in [-0.05, 0) is 68.3 Å². The van der Waals surface area contributed by atoms with Gasteiger partial charge in [-0.3, -0.25) is 10.0 Å². The number of hydrogen-bond acceptors (Lipinski definition) is 7. The minimum atomic E-state index is -3.90. The summed E-state index contributed by atoms with van der Waals surface area (Å²) in [5.41, 5.74) is 2.42. The Morgan fingerprint density at radius 3 is 2.24 bits per heavy atom. The summed E-state index contributed by atoms with van der Waals surface area (Å²) in [7, 11) is -2.21. The van der Waals surface area contributed by atoms with Crippen molar-refractivity contribution in [3.63, 3.8) is 0 Å². The van der Waals surface area contributed by atoms with E-state index in [9.17, 15) is 13.2 Å². The van der Waals surface area contributed by atoms with Gasteiger partial charge in [0.15, 0.2) is 14.6 Å². The van der Waals surface area contributed by atoms with Crippen LogP contribution in [0.1, 0.15) is 44.6 Å². The molecule has 1 amide bonds. The first-order chi connectivity index (χ1) is 16.3. The average molecular weight is 510 g/mol. The van der Waals surface area contributed by atoms with Crippen molar-refractivity contribution in [1.29, 1.82) is 0 Å². The van der Waals surface area contributed by atoms with Gasteiger partial charge in [0.25, 0.3) is 5.91 Å². The monoisotopic (exact) mass is 509 g/mol. The molecule has 188 valence electrons. The van der Waals surface area contributed by atoms with Crippen LogP contribution in [0.5, 0.6) is 5.75 Å². The normalized spacial score (nSPS) is 15.1. The molecule has 7 nitrogen and oxygen atoms in total. The molecule has 1 aliphatic heterocycles. The first-order valence-electron chi connectivity index (χ1n) is 11.4. The highest BCUT2D eigenvalue weighted by molar-refractivity contribution is 7.99. The van der Waals surface area contributed by atoms with Crippen LogP contribution in [0.3, 0.4) is 0 Å². The molecule has 3 rings (SSSR count). The molecule has 2 aromatic carbocycles.